The second-order valence-electron chi connectivity index (χ2n) is 6.97. The summed E-state index contributed by atoms with van der Waals surface area (Å²) in [6.07, 6.45) is 0.646. The number of sulfonamides is 1. The number of carbonyl (C=O) groups is 1. The molecule has 0 saturated carbocycles. The van der Waals surface area contributed by atoms with Crippen LogP contribution in [0.3, 0.4) is 0 Å². The molecule has 0 atom stereocenters. The molecule has 0 radical (unpaired) electrons. The zero-order chi connectivity index (χ0) is 22.0. The van der Waals surface area contributed by atoms with Gasteiger partial charge in [0.25, 0.3) is 15.9 Å². The van der Waals surface area contributed by atoms with Gasteiger partial charge in [-0.3, -0.25) is 9.10 Å². The number of hydrogen-bond acceptors (Lipinski definition) is 5. The summed E-state index contributed by atoms with van der Waals surface area (Å²) < 4.78 is 38.7. The van der Waals surface area contributed by atoms with E-state index in [4.69, 9.17) is 9.47 Å². The molecular formula is C23H22N2O5S. The summed E-state index contributed by atoms with van der Waals surface area (Å²) in [5.41, 5.74) is 2.23. The second-order valence-corrected chi connectivity index (χ2v) is 8.83. The summed E-state index contributed by atoms with van der Waals surface area (Å²) in [4.78, 5) is 13.0. The minimum Gasteiger partial charge on any atom is -0.496 e. The Morgan fingerprint density at radius 2 is 1.65 bits per heavy atom. The van der Waals surface area contributed by atoms with E-state index in [1.54, 1.807) is 30.3 Å². The molecule has 0 aliphatic carbocycles. The Hall–Kier alpha value is -3.52. The topological polar surface area (TPSA) is 84.9 Å². The summed E-state index contributed by atoms with van der Waals surface area (Å²) in [6, 6.07) is 18.7. The largest absolute Gasteiger partial charge is 0.496 e. The van der Waals surface area contributed by atoms with Crippen LogP contribution >= 0.6 is 0 Å². The second kappa shape index (κ2) is 8.31. The van der Waals surface area contributed by atoms with Crippen molar-refractivity contribution in [2.75, 3.05) is 30.4 Å². The van der Waals surface area contributed by atoms with E-state index in [2.05, 4.69) is 5.32 Å². The zero-order valence-electron chi connectivity index (χ0n) is 17.2. The molecule has 160 valence electrons. The van der Waals surface area contributed by atoms with Crippen molar-refractivity contribution in [2.45, 2.75) is 11.3 Å². The number of fused-ring (bicyclic) bond motifs is 1. The van der Waals surface area contributed by atoms with Gasteiger partial charge in [-0.25, -0.2) is 8.42 Å². The van der Waals surface area contributed by atoms with Crippen molar-refractivity contribution in [2.24, 2.45) is 0 Å². The molecular weight excluding hydrogens is 416 g/mol. The van der Waals surface area contributed by atoms with Crippen LogP contribution in [0.2, 0.25) is 0 Å². The van der Waals surface area contributed by atoms with Crippen LogP contribution in [-0.2, 0) is 16.4 Å². The number of ether oxygens (including phenoxy) is 2. The minimum atomic E-state index is -3.85. The molecule has 1 aliphatic rings. The van der Waals surface area contributed by atoms with Crippen molar-refractivity contribution in [3.05, 3.63) is 77.9 Å². The number of amides is 1. The highest BCUT2D eigenvalue weighted by Gasteiger charge is 2.31. The molecule has 0 fully saturated rings. The molecule has 8 heteroatoms. The van der Waals surface area contributed by atoms with Crippen molar-refractivity contribution in [3.63, 3.8) is 0 Å². The summed E-state index contributed by atoms with van der Waals surface area (Å²) in [5.74, 6) is 0.264. The van der Waals surface area contributed by atoms with Gasteiger partial charge in [0.15, 0.2) is 0 Å². The number of methoxy groups -OCH3 is 2. The Kier molecular flexibility index (Phi) is 5.56. The summed E-state index contributed by atoms with van der Waals surface area (Å²) in [6.45, 7) is 0.358. The molecule has 31 heavy (non-hydrogen) atoms. The Labute approximate surface area is 181 Å². The predicted octanol–water partition coefficient (Wildman–Crippen LogP) is 3.71. The Bertz CT molecular complexity index is 1240. The fourth-order valence-electron chi connectivity index (χ4n) is 3.65. The fraction of sp³-hybridized carbons (Fsp3) is 0.174. The number of anilines is 2. The van der Waals surface area contributed by atoms with Gasteiger partial charge in [0.2, 0.25) is 0 Å². The maximum atomic E-state index is 13.4. The normalized spacial score (nSPS) is 12.9. The highest BCUT2D eigenvalue weighted by Crippen LogP contribution is 2.34. The van der Waals surface area contributed by atoms with Crippen molar-refractivity contribution < 1.29 is 22.7 Å². The lowest BCUT2D eigenvalue weighted by Gasteiger charge is -2.20. The molecule has 7 nitrogen and oxygen atoms in total. The van der Waals surface area contributed by atoms with E-state index in [1.807, 2.05) is 18.2 Å². The monoisotopic (exact) mass is 438 g/mol. The molecule has 1 amide bonds. The third-order valence-corrected chi connectivity index (χ3v) is 7.01. The average molecular weight is 439 g/mol. The SMILES string of the molecule is COc1ccccc1NC(=O)c1cc(S(=O)(=O)N2CCc3ccccc32)ccc1OC. The number of para-hydroxylation sites is 3. The quantitative estimate of drug-likeness (QED) is 0.634. The van der Waals surface area contributed by atoms with E-state index in [-0.39, 0.29) is 16.2 Å². The van der Waals surface area contributed by atoms with Gasteiger partial charge in [-0.2, -0.15) is 0 Å². The van der Waals surface area contributed by atoms with Gasteiger partial charge in [-0.1, -0.05) is 30.3 Å². The third-order valence-electron chi connectivity index (χ3n) is 5.20. The van der Waals surface area contributed by atoms with E-state index in [0.717, 1.165) is 5.56 Å². The Morgan fingerprint density at radius 1 is 0.935 bits per heavy atom. The van der Waals surface area contributed by atoms with Gasteiger partial charge in [0.05, 0.1) is 36.1 Å². The molecule has 1 heterocycles. The molecule has 3 aromatic rings. The van der Waals surface area contributed by atoms with E-state index in [9.17, 15) is 13.2 Å². The van der Waals surface area contributed by atoms with Crippen molar-refractivity contribution >= 4 is 27.3 Å². The first-order valence-corrected chi connectivity index (χ1v) is 11.1. The number of nitrogens with zero attached hydrogens (tertiary/aromatic N) is 1. The van der Waals surface area contributed by atoms with E-state index in [0.29, 0.717) is 30.1 Å². The summed E-state index contributed by atoms with van der Waals surface area (Å²) >= 11 is 0. The first-order chi connectivity index (χ1) is 15.0. The molecule has 4 rings (SSSR count). The molecule has 0 saturated heterocycles. The molecule has 0 unspecified atom stereocenters. The third kappa shape index (κ3) is 3.82. The van der Waals surface area contributed by atoms with Crippen molar-refractivity contribution in [1.82, 2.24) is 0 Å². The minimum absolute atomic E-state index is 0.0233. The average Bonchev–Trinajstić information content (AvgIpc) is 3.24. The first kappa shape index (κ1) is 20.7. The van der Waals surface area contributed by atoms with E-state index in [1.165, 1.54) is 36.7 Å². The molecule has 0 spiro atoms. The van der Waals surface area contributed by atoms with Gasteiger partial charge in [-0.15, -0.1) is 0 Å². The van der Waals surface area contributed by atoms with Crippen molar-refractivity contribution in [3.8, 4) is 11.5 Å². The standard InChI is InChI=1S/C23H22N2O5S/c1-29-21-12-11-17(31(27,28)25-14-13-16-7-3-5-9-20(16)25)15-18(21)23(26)24-19-8-4-6-10-22(19)30-2/h3-12,15H,13-14H2,1-2H3,(H,24,26). The predicted molar refractivity (Wildman–Crippen MR) is 119 cm³/mol. The van der Waals surface area contributed by atoms with Crippen LogP contribution in [0.15, 0.2) is 71.6 Å². The number of hydrogen-bond donors (Lipinski definition) is 1. The number of carbonyl (C=O) groups excluding carboxylic acids is 1. The van der Waals surface area contributed by atoms with Crippen LogP contribution in [0.5, 0.6) is 11.5 Å². The molecule has 1 N–H and O–H groups in total. The molecule has 0 bridgehead atoms. The lowest BCUT2D eigenvalue weighted by molar-refractivity contribution is 0.102. The van der Waals surface area contributed by atoms with Crippen LogP contribution in [0.1, 0.15) is 15.9 Å². The number of rotatable bonds is 6. The van der Waals surface area contributed by atoms with E-state index < -0.39 is 15.9 Å². The van der Waals surface area contributed by atoms with Gasteiger partial charge in [-0.05, 0) is 48.4 Å². The summed E-state index contributed by atoms with van der Waals surface area (Å²) in [5, 5.41) is 2.76. The van der Waals surface area contributed by atoms with Crippen LogP contribution in [0, 0.1) is 0 Å². The van der Waals surface area contributed by atoms with Crippen LogP contribution < -0.4 is 19.1 Å². The highest BCUT2D eigenvalue weighted by atomic mass is 32.2. The van der Waals surface area contributed by atoms with Crippen LogP contribution in [0.4, 0.5) is 11.4 Å². The van der Waals surface area contributed by atoms with Crippen molar-refractivity contribution in [1.29, 1.82) is 0 Å². The van der Waals surface area contributed by atoms with Gasteiger partial charge in [0, 0.05) is 6.54 Å². The molecule has 1 aliphatic heterocycles. The lowest BCUT2D eigenvalue weighted by atomic mass is 10.1. The maximum absolute atomic E-state index is 13.4. The number of nitrogens with one attached hydrogen (secondary N) is 1. The van der Waals surface area contributed by atoms with Gasteiger partial charge >= 0.3 is 0 Å². The maximum Gasteiger partial charge on any atom is 0.264 e. The lowest BCUT2D eigenvalue weighted by Crippen LogP contribution is -2.29. The van der Waals surface area contributed by atoms with E-state index >= 15 is 0 Å². The summed E-state index contributed by atoms with van der Waals surface area (Å²) in [7, 11) is -0.908. The molecule has 3 aromatic carbocycles. The zero-order valence-corrected chi connectivity index (χ0v) is 18.0. The first-order valence-electron chi connectivity index (χ1n) is 9.69. The van der Waals surface area contributed by atoms with Crippen LogP contribution in [0.25, 0.3) is 0 Å². The number of benzene rings is 3. The molecule has 0 aromatic heterocycles. The van der Waals surface area contributed by atoms with Crippen LogP contribution in [-0.4, -0.2) is 35.1 Å². The Morgan fingerprint density at radius 3 is 2.42 bits per heavy atom. The Balaban J connectivity index is 1.70. The highest BCUT2D eigenvalue weighted by molar-refractivity contribution is 7.92. The van der Waals surface area contributed by atoms with Gasteiger partial charge in [0.1, 0.15) is 11.5 Å². The smallest absolute Gasteiger partial charge is 0.264 e. The van der Waals surface area contributed by atoms with Gasteiger partial charge < -0.3 is 14.8 Å². The fourth-order valence-corrected chi connectivity index (χ4v) is 5.18.